The van der Waals surface area contributed by atoms with Crippen LogP contribution >= 0.6 is 0 Å². The van der Waals surface area contributed by atoms with Crippen LogP contribution in [0, 0.1) is 10.4 Å². The van der Waals surface area contributed by atoms with E-state index in [0.717, 1.165) is 0 Å². The summed E-state index contributed by atoms with van der Waals surface area (Å²) in [5, 5.41) is 22.8. The Morgan fingerprint density at radius 2 is 2.00 bits per heavy atom. The maximum atomic E-state index is 11.1. The molecule has 1 unspecified atom stereocenters. The van der Waals surface area contributed by atoms with Gasteiger partial charge in [-0.3, -0.25) is 0 Å². The molecule has 0 rings (SSSR count). The second kappa shape index (κ2) is 8.73. The van der Waals surface area contributed by atoms with Gasteiger partial charge in [-0.05, 0) is 0 Å². The number of hydrogen-bond acceptors (Lipinski definition) is 7. The van der Waals surface area contributed by atoms with Gasteiger partial charge in [0.2, 0.25) is 0 Å². The molecule has 14 heavy (non-hydrogen) atoms. The van der Waals surface area contributed by atoms with E-state index in [-0.39, 0.29) is 28.0 Å². The van der Waals surface area contributed by atoms with Crippen LogP contribution in [0.15, 0.2) is 0 Å². The fourth-order valence-corrected chi connectivity index (χ4v) is 2.28. The molecule has 0 fully saturated rings. The van der Waals surface area contributed by atoms with Gasteiger partial charge in [0.1, 0.15) is 0 Å². The zero-order chi connectivity index (χ0) is 11.0. The summed E-state index contributed by atoms with van der Waals surface area (Å²) >= 11 is -0.282. The summed E-state index contributed by atoms with van der Waals surface area (Å²) in [6.45, 7) is -0.0186. The summed E-state index contributed by atoms with van der Waals surface area (Å²) in [6.07, 6.45) is 0. The van der Waals surface area contributed by atoms with Crippen molar-refractivity contribution < 1.29 is 31.2 Å². The fraction of sp³-hybridized carbons (Fsp3) is 1.00. The molecule has 0 aliphatic heterocycles. The Balaban J connectivity index is 3.96. The van der Waals surface area contributed by atoms with E-state index in [4.69, 9.17) is 0 Å². The van der Waals surface area contributed by atoms with Gasteiger partial charge in [0, 0.05) is 0 Å². The molecule has 0 aliphatic rings. The Hall–Kier alpha value is 0.450. The summed E-state index contributed by atoms with van der Waals surface area (Å²) in [4.78, 5) is 8.90. The van der Waals surface area contributed by atoms with Crippen molar-refractivity contribution in [2.24, 2.45) is 0 Å². The van der Waals surface area contributed by atoms with E-state index in [0.29, 0.717) is 14.9 Å². The Bertz CT molecular complexity index is 142. The zero-order valence-electron chi connectivity index (χ0n) is 8.40. The van der Waals surface area contributed by atoms with Crippen molar-refractivity contribution in [3.05, 3.63) is 10.4 Å². The molecule has 0 aromatic carbocycles. The van der Waals surface area contributed by atoms with Crippen LogP contribution in [0.1, 0.15) is 0 Å². The van der Waals surface area contributed by atoms with Gasteiger partial charge in [-0.2, -0.15) is 0 Å². The minimum atomic E-state index is -0.488. The maximum absolute atomic E-state index is 11.1. The van der Waals surface area contributed by atoms with Crippen LogP contribution in [0.4, 0.5) is 0 Å². The molecule has 0 aromatic rings. The second-order valence-corrected chi connectivity index (χ2v) is 5.02. The fourth-order valence-electron chi connectivity index (χ4n) is 0.734. The van der Waals surface area contributed by atoms with Crippen molar-refractivity contribution in [2.45, 2.75) is 6.04 Å². The molecule has 8 heteroatoms. The summed E-state index contributed by atoms with van der Waals surface area (Å²) < 4.78 is 3.62. The summed E-state index contributed by atoms with van der Waals surface area (Å²) in [7, 11) is 4.36. The van der Waals surface area contributed by atoms with E-state index in [1.54, 1.807) is 0 Å². The van der Waals surface area contributed by atoms with E-state index in [2.05, 4.69) is 13.2 Å². The summed E-state index contributed by atoms with van der Waals surface area (Å²) in [5.74, 6) is 0. The Kier molecular flexibility index (Phi) is 9.01. The van der Waals surface area contributed by atoms with Crippen LogP contribution in [0.2, 0.25) is 0 Å². The predicted molar refractivity (Wildman–Crippen MR) is 47.0 cm³/mol. The number of hydroxylamine groups is 4. The average Bonchev–Trinajstić information content (AvgIpc) is 2.22. The number of alkyl halides is 1. The van der Waals surface area contributed by atoms with Crippen LogP contribution in [0.25, 0.3) is 0 Å². The molecule has 0 aromatic heterocycles. The summed E-state index contributed by atoms with van der Waals surface area (Å²) in [6, 6.07) is -0.488. The monoisotopic (exact) mass is 320 g/mol. The normalized spacial score (nSPS) is 14.2. The number of nitrogens with one attached hydrogen (secondary N) is 1. The third-order valence-electron chi connectivity index (χ3n) is 1.43. The van der Waals surface area contributed by atoms with Crippen molar-refractivity contribution in [1.82, 2.24) is 14.0 Å². The van der Waals surface area contributed by atoms with Gasteiger partial charge in [-0.25, -0.2) is 0 Å². The number of hydrogen-bond donors (Lipinski definition) is 1. The topological polar surface area (TPSA) is 83.1 Å². The van der Waals surface area contributed by atoms with E-state index in [1.165, 1.54) is 14.2 Å². The van der Waals surface area contributed by atoms with Crippen LogP contribution in [0.5, 0.6) is 0 Å². The quantitative estimate of drug-likeness (QED) is 0.213. The van der Waals surface area contributed by atoms with E-state index >= 15 is 0 Å². The van der Waals surface area contributed by atoms with Gasteiger partial charge in [-0.15, -0.1) is 0 Å². The average molecular weight is 320 g/mol. The van der Waals surface area contributed by atoms with Crippen molar-refractivity contribution in [3.63, 3.8) is 0 Å². The van der Waals surface area contributed by atoms with Gasteiger partial charge in [0.15, 0.2) is 0 Å². The Morgan fingerprint density at radius 1 is 1.36 bits per heavy atom. The molecular formula is C6H15IN3O4-3. The first-order valence-corrected chi connectivity index (χ1v) is 6.50. The molecule has 0 heterocycles. The molecule has 7 nitrogen and oxygen atoms in total. The third-order valence-corrected chi connectivity index (χ3v) is 3.65. The zero-order valence-corrected chi connectivity index (χ0v) is 10.6. The van der Waals surface area contributed by atoms with Crippen LogP contribution < -0.4 is 25.0 Å². The SMILES string of the molecule is CN[I-]CC(CN([O-])OC)N([O-])OC. The van der Waals surface area contributed by atoms with E-state index in [9.17, 15) is 10.4 Å². The van der Waals surface area contributed by atoms with Crippen molar-refractivity contribution in [2.75, 3.05) is 32.2 Å². The molecule has 0 radical (unpaired) electrons. The van der Waals surface area contributed by atoms with E-state index < -0.39 is 6.04 Å². The standard InChI is InChI=1S/C6H15IN3O4/c1-8-7-4-6(10(12)14-3)5-9(11)13-2/h6,8H,4-5H2,1-3H3/q-3. The van der Waals surface area contributed by atoms with Crippen molar-refractivity contribution >= 4 is 0 Å². The van der Waals surface area contributed by atoms with E-state index in [1.807, 2.05) is 7.05 Å². The molecule has 0 saturated carbocycles. The molecule has 0 amide bonds. The summed E-state index contributed by atoms with van der Waals surface area (Å²) in [5.41, 5.74) is 0. The second-order valence-electron chi connectivity index (χ2n) is 2.30. The van der Waals surface area contributed by atoms with Crippen LogP contribution in [-0.2, 0) is 9.68 Å². The van der Waals surface area contributed by atoms with Crippen molar-refractivity contribution in [1.29, 1.82) is 0 Å². The third kappa shape index (κ3) is 6.03. The first-order valence-electron chi connectivity index (χ1n) is 3.89. The number of rotatable bonds is 8. The van der Waals surface area contributed by atoms with Gasteiger partial charge in [0.05, 0.1) is 0 Å². The number of halogens is 1. The van der Waals surface area contributed by atoms with Gasteiger partial charge in [-0.1, -0.05) is 0 Å². The molecule has 0 bridgehead atoms. The van der Waals surface area contributed by atoms with Crippen LogP contribution in [-0.4, -0.2) is 48.7 Å². The van der Waals surface area contributed by atoms with Crippen LogP contribution in [0.3, 0.4) is 0 Å². The number of nitrogens with zero attached hydrogens (tertiary/aromatic N) is 2. The first-order chi connectivity index (χ1) is 6.65. The molecule has 1 N–H and O–H groups in total. The van der Waals surface area contributed by atoms with Crippen molar-refractivity contribution in [3.8, 4) is 0 Å². The minimum absolute atomic E-state index is 0.0186. The first kappa shape index (κ1) is 14.5. The van der Waals surface area contributed by atoms with Gasteiger partial charge >= 0.3 is 93.8 Å². The van der Waals surface area contributed by atoms with Gasteiger partial charge < -0.3 is 0 Å². The van der Waals surface area contributed by atoms with Gasteiger partial charge in [0.25, 0.3) is 0 Å². The molecule has 0 saturated heterocycles. The molecule has 0 spiro atoms. The molecular weight excluding hydrogens is 305 g/mol. The predicted octanol–water partition coefficient (Wildman–Crippen LogP) is -3.70. The molecule has 1 atom stereocenters. The Labute approximate surface area is 94.0 Å². The molecule has 88 valence electrons. The Morgan fingerprint density at radius 3 is 2.43 bits per heavy atom. The molecule has 0 aliphatic carbocycles.